The molecule has 5 heteroatoms. The fourth-order valence-electron chi connectivity index (χ4n) is 1.43. The quantitative estimate of drug-likeness (QED) is 0.385. The van der Waals surface area contributed by atoms with Crippen molar-refractivity contribution in [3.05, 3.63) is 53.5 Å². The number of halogens is 1. The maximum absolute atomic E-state index is 9.10. The molecule has 0 atom stereocenters. The molecule has 1 aromatic rings. The Morgan fingerprint density at radius 3 is 2.83 bits per heavy atom. The van der Waals surface area contributed by atoms with Crippen LogP contribution in [0.25, 0.3) is 0 Å². The molecular formula is C13H16ClN3O. The molecule has 0 radical (unpaired) electrons. The fourth-order valence-corrected chi connectivity index (χ4v) is 1.61. The molecule has 4 nitrogen and oxygen atoms in total. The van der Waals surface area contributed by atoms with Crippen LogP contribution in [0.5, 0.6) is 0 Å². The van der Waals surface area contributed by atoms with Crippen molar-refractivity contribution in [1.29, 1.82) is 0 Å². The van der Waals surface area contributed by atoms with Gasteiger partial charge in [0.25, 0.3) is 0 Å². The molecule has 0 aliphatic heterocycles. The lowest BCUT2D eigenvalue weighted by Crippen LogP contribution is -2.11. The van der Waals surface area contributed by atoms with Crippen LogP contribution in [0, 0.1) is 0 Å². The number of pyridine rings is 1. The number of hydrogen-bond donors (Lipinski definition) is 1. The van der Waals surface area contributed by atoms with Crippen molar-refractivity contribution in [2.75, 3.05) is 14.1 Å². The molecule has 0 amide bonds. The Morgan fingerprint density at radius 2 is 2.33 bits per heavy atom. The van der Waals surface area contributed by atoms with Gasteiger partial charge in [-0.1, -0.05) is 29.4 Å². The van der Waals surface area contributed by atoms with Crippen LogP contribution < -0.4 is 0 Å². The summed E-state index contributed by atoms with van der Waals surface area (Å²) in [7, 11) is 3.76. The van der Waals surface area contributed by atoms with Crippen molar-refractivity contribution in [2.45, 2.75) is 6.42 Å². The highest BCUT2D eigenvalue weighted by Crippen LogP contribution is 2.15. The first kappa shape index (κ1) is 14.3. The minimum atomic E-state index is 0.349. The summed E-state index contributed by atoms with van der Waals surface area (Å²) in [5.41, 5.74) is 1.86. The molecule has 0 spiro atoms. The lowest BCUT2D eigenvalue weighted by molar-refractivity contribution is 0.318. The molecule has 0 aliphatic rings. The summed E-state index contributed by atoms with van der Waals surface area (Å²) >= 11 is 6.02. The number of rotatable bonds is 5. The molecule has 0 saturated carbocycles. The van der Waals surface area contributed by atoms with Crippen molar-refractivity contribution in [3.8, 4) is 0 Å². The molecule has 0 aliphatic carbocycles. The summed E-state index contributed by atoms with van der Waals surface area (Å²) in [5.74, 6) is 0. The van der Waals surface area contributed by atoms with Gasteiger partial charge < -0.3 is 10.1 Å². The highest BCUT2D eigenvalue weighted by atomic mass is 35.5. The number of allylic oxidation sites excluding steroid dienone is 2. The van der Waals surface area contributed by atoms with Crippen LogP contribution in [0.2, 0.25) is 5.02 Å². The molecule has 0 saturated heterocycles. The first-order valence-electron chi connectivity index (χ1n) is 5.40. The van der Waals surface area contributed by atoms with Gasteiger partial charge in [0.2, 0.25) is 0 Å². The van der Waals surface area contributed by atoms with Gasteiger partial charge in [0.1, 0.15) is 0 Å². The summed E-state index contributed by atoms with van der Waals surface area (Å²) in [6, 6.07) is 3.51. The average molecular weight is 266 g/mol. The number of nitrogens with zero attached hydrogens (tertiary/aromatic N) is 3. The molecule has 0 bridgehead atoms. The van der Waals surface area contributed by atoms with Crippen LogP contribution in [0.3, 0.4) is 0 Å². The average Bonchev–Trinajstić information content (AvgIpc) is 2.35. The fraction of sp³-hybridized carbons (Fsp3) is 0.231. The van der Waals surface area contributed by atoms with Gasteiger partial charge in [-0.15, -0.1) is 0 Å². The summed E-state index contributed by atoms with van der Waals surface area (Å²) in [6.07, 6.45) is 5.45. The molecule has 0 aromatic carbocycles. The van der Waals surface area contributed by atoms with E-state index < -0.39 is 0 Å². The lowest BCUT2D eigenvalue weighted by Gasteiger charge is -2.10. The Balaban J connectivity index is 2.99. The molecule has 1 aromatic heterocycles. The van der Waals surface area contributed by atoms with E-state index in [2.05, 4.69) is 16.7 Å². The highest BCUT2D eigenvalue weighted by molar-refractivity contribution is 6.31. The van der Waals surface area contributed by atoms with Crippen LogP contribution in [0.4, 0.5) is 0 Å². The second-order valence-corrected chi connectivity index (χ2v) is 4.31. The Hall–Kier alpha value is -1.81. The van der Waals surface area contributed by atoms with E-state index in [0.717, 1.165) is 5.57 Å². The monoisotopic (exact) mass is 265 g/mol. The molecule has 0 unspecified atom stereocenters. The van der Waals surface area contributed by atoms with Crippen molar-refractivity contribution >= 4 is 17.3 Å². The first-order chi connectivity index (χ1) is 8.58. The summed E-state index contributed by atoms with van der Waals surface area (Å²) in [6.45, 7) is 3.71. The van der Waals surface area contributed by atoms with E-state index in [0.29, 0.717) is 22.8 Å². The van der Waals surface area contributed by atoms with Gasteiger partial charge in [0.05, 0.1) is 16.4 Å². The standard InChI is InChI=1S/C13H16ClN3O/c1-4-10(9-17(2)3)12(16-18)8-13-11(14)6-5-7-15-13/h4-7,9,18H,1,8H2,2-3H3/b10-9+,16-12-. The highest BCUT2D eigenvalue weighted by Gasteiger charge is 2.10. The minimum Gasteiger partial charge on any atom is -0.411 e. The predicted molar refractivity (Wildman–Crippen MR) is 74.1 cm³/mol. The van der Waals surface area contributed by atoms with E-state index in [4.69, 9.17) is 16.8 Å². The van der Waals surface area contributed by atoms with Crippen LogP contribution >= 0.6 is 11.6 Å². The Morgan fingerprint density at radius 1 is 1.61 bits per heavy atom. The number of oxime groups is 1. The van der Waals surface area contributed by atoms with Crippen LogP contribution in [0.1, 0.15) is 5.69 Å². The third-order valence-corrected chi connectivity index (χ3v) is 2.58. The van der Waals surface area contributed by atoms with Crippen molar-refractivity contribution in [1.82, 2.24) is 9.88 Å². The van der Waals surface area contributed by atoms with Crippen LogP contribution in [0.15, 0.2) is 47.9 Å². The normalized spacial score (nSPS) is 12.4. The maximum atomic E-state index is 9.10. The van der Waals surface area contributed by atoms with Crippen molar-refractivity contribution < 1.29 is 5.21 Å². The van der Waals surface area contributed by atoms with Crippen LogP contribution in [-0.4, -0.2) is 34.9 Å². The largest absolute Gasteiger partial charge is 0.411 e. The molecule has 96 valence electrons. The second kappa shape index (κ2) is 6.81. The Kier molecular flexibility index (Phi) is 5.39. The molecule has 1 heterocycles. The maximum Gasteiger partial charge on any atom is 0.0942 e. The molecule has 18 heavy (non-hydrogen) atoms. The zero-order chi connectivity index (χ0) is 13.5. The predicted octanol–water partition coefficient (Wildman–Crippen LogP) is 2.74. The van der Waals surface area contributed by atoms with Crippen molar-refractivity contribution in [2.24, 2.45) is 5.16 Å². The lowest BCUT2D eigenvalue weighted by atomic mass is 10.1. The Bertz CT molecular complexity index is 481. The van der Waals surface area contributed by atoms with Crippen molar-refractivity contribution in [3.63, 3.8) is 0 Å². The van der Waals surface area contributed by atoms with Gasteiger partial charge >= 0.3 is 0 Å². The van der Waals surface area contributed by atoms with Gasteiger partial charge in [0, 0.05) is 38.5 Å². The summed E-state index contributed by atoms with van der Waals surface area (Å²) < 4.78 is 0. The zero-order valence-electron chi connectivity index (χ0n) is 10.5. The van der Waals surface area contributed by atoms with E-state index in [1.807, 2.05) is 25.2 Å². The molecular weight excluding hydrogens is 250 g/mol. The van der Waals surface area contributed by atoms with Gasteiger partial charge in [-0.2, -0.15) is 0 Å². The molecule has 1 N–H and O–H groups in total. The van der Waals surface area contributed by atoms with Gasteiger partial charge in [-0.05, 0) is 12.1 Å². The number of aromatic nitrogens is 1. The van der Waals surface area contributed by atoms with Gasteiger partial charge in [-0.25, -0.2) is 0 Å². The summed E-state index contributed by atoms with van der Waals surface area (Å²) in [4.78, 5) is 6.01. The second-order valence-electron chi connectivity index (χ2n) is 3.91. The topological polar surface area (TPSA) is 48.7 Å². The Labute approximate surface area is 112 Å². The zero-order valence-corrected chi connectivity index (χ0v) is 11.2. The molecule has 0 fully saturated rings. The first-order valence-corrected chi connectivity index (χ1v) is 5.77. The van der Waals surface area contributed by atoms with Gasteiger partial charge in [-0.3, -0.25) is 4.98 Å². The van der Waals surface area contributed by atoms with E-state index in [1.165, 1.54) is 0 Å². The van der Waals surface area contributed by atoms with Crippen LogP contribution in [-0.2, 0) is 6.42 Å². The van der Waals surface area contributed by atoms with E-state index in [1.54, 1.807) is 24.4 Å². The molecule has 1 rings (SSSR count). The third kappa shape index (κ3) is 3.89. The summed E-state index contributed by atoms with van der Waals surface area (Å²) in [5, 5.41) is 13.0. The van der Waals surface area contributed by atoms with Gasteiger partial charge in [0.15, 0.2) is 0 Å². The van der Waals surface area contributed by atoms with E-state index in [-0.39, 0.29) is 0 Å². The number of hydrogen-bond acceptors (Lipinski definition) is 4. The SMILES string of the molecule is C=CC(=C\N(C)C)/C(Cc1ncccc1Cl)=N\O. The third-order valence-electron chi connectivity index (χ3n) is 2.24. The van der Waals surface area contributed by atoms with E-state index >= 15 is 0 Å². The minimum absolute atomic E-state index is 0.349. The smallest absolute Gasteiger partial charge is 0.0942 e. The van der Waals surface area contributed by atoms with E-state index in [9.17, 15) is 0 Å².